The second kappa shape index (κ2) is 11.8. The van der Waals surface area contributed by atoms with Crippen LogP contribution in [0.3, 0.4) is 0 Å². The maximum absolute atomic E-state index is 13.4. The number of nitrogens with zero attached hydrogens (tertiary/aromatic N) is 1. The van der Waals surface area contributed by atoms with Gasteiger partial charge in [-0.2, -0.15) is 11.8 Å². The van der Waals surface area contributed by atoms with Crippen LogP contribution >= 0.6 is 11.8 Å². The van der Waals surface area contributed by atoms with Gasteiger partial charge in [0.2, 0.25) is 0 Å². The maximum Gasteiger partial charge on any atom is 0.402 e. The Hall–Kier alpha value is -2.87. The number of hydrogen-bond acceptors (Lipinski definition) is 11. The van der Waals surface area contributed by atoms with Crippen molar-refractivity contribution in [3.05, 3.63) is 23.3 Å². The summed E-state index contributed by atoms with van der Waals surface area (Å²) < 4.78 is 18.7. The number of primary amides is 1. The van der Waals surface area contributed by atoms with Gasteiger partial charge < -0.3 is 36.5 Å². The first-order chi connectivity index (χ1) is 19.3. The Kier molecular flexibility index (Phi) is 8.93. The van der Waals surface area contributed by atoms with Crippen LogP contribution in [0.15, 0.2) is 12.1 Å². The monoisotopic (exact) mass is 592 g/mol. The van der Waals surface area contributed by atoms with Crippen molar-refractivity contribution in [2.75, 3.05) is 25.6 Å². The highest BCUT2D eigenvalue weighted by molar-refractivity contribution is 7.98. The van der Waals surface area contributed by atoms with Gasteiger partial charge >= 0.3 is 18.0 Å². The zero-order valence-electron chi connectivity index (χ0n) is 23.9. The summed E-state index contributed by atoms with van der Waals surface area (Å²) in [7, 11) is 2.04. The van der Waals surface area contributed by atoms with Crippen molar-refractivity contribution < 1.29 is 38.5 Å². The number of benzene rings is 1. The van der Waals surface area contributed by atoms with E-state index < -0.39 is 47.2 Å². The number of nitrogens with two attached hydrogens (primary N) is 3. The number of Topliss-reactive ketones (excluding diaryl/α,β-unsaturated/α-hetero) is 1. The van der Waals surface area contributed by atoms with Gasteiger partial charge in [-0.1, -0.05) is 19.9 Å². The molecule has 13 heteroatoms. The van der Waals surface area contributed by atoms with Crippen LogP contribution in [0.4, 0.5) is 4.79 Å². The lowest BCUT2D eigenvalue weighted by Gasteiger charge is -2.63. The van der Waals surface area contributed by atoms with Gasteiger partial charge in [0.25, 0.3) is 0 Å². The van der Waals surface area contributed by atoms with Crippen molar-refractivity contribution >= 4 is 35.6 Å². The fourth-order valence-electron chi connectivity index (χ4n) is 6.85. The van der Waals surface area contributed by atoms with Crippen LogP contribution in [0.1, 0.15) is 50.7 Å². The topological polar surface area (TPSA) is 198 Å². The molecule has 1 spiro atoms. The molecule has 2 aliphatic heterocycles. The van der Waals surface area contributed by atoms with Crippen LogP contribution in [0.5, 0.6) is 11.5 Å². The van der Waals surface area contributed by atoms with Gasteiger partial charge in [0.05, 0.1) is 11.5 Å². The van der Waals surface area contributed by atoms with Crippen LogP contribution in [0, 0.1) is 5.92 Å². The van der Waals surface area contributed by atoms with Crippen molar-refractivity contribution in [2.45, 2.75) is 81.2 Å². The van der Waals surface area contributed by atoms with Gasteiger partial charge in [-0.05, 0) is 68.8 Å². The number of carbonyl (C=O) groups excluding carboxylic acids is 3. The minimum absolute atomic E-state index is 0.0260. The van der Waals surface area contributed by atoms with E-state index in [1.165, 1.54) is 0 Å². The molecule has 7 N–H and O–H groups in total. The first-order valence-corrected chi connectivity index (χ1v) is 15.2. The second-order valence-corrected chi connectivity index (χ2v) is 12.5. The summed E-state index contributed by atoms with van der Waals surface area (Å²) in [5.41, 5.74) is 16.4. The van der Waals surface area contributed by atoms with Crippen molar-refractivity contribution in [2.24, 2.45) is 23.1 Å². The third-order valence-electron chi connectivity index (χ3n) is 8.89. The van der Waals surface area contributed by atoms with Gasteiger partial charge in [0, 0.05) is 12.0 Å². The standard InChI is InChI=1S/C27H37N3O6S.CH3NO2/c1-14(2)21(29)25(33)34-18-6-5-15-13-19-27(36-24(32)16(28)8-12-37-4)9-7-17(31)23-26(27,10-11-30(19)3)20(15)22(18)35-23;2-1(3)4/h5-6,14,16,19,21,23H,7-13,28-29H2,1-4H3;2H2,(H,3,4)/t16-,19+,21-,23-,26-,27+;/m0./s1. The number of ketones is 1. The Morgan fingerprint density at radius 2 is 1.90 bits per heavy atom. The fraction of sp³-hybridized carbons (Fsp3) is 0.643. The smallest absolute Gasteiger partial charge is 0.402 e. The highest BCUT2D eigenvalue weighted by Gasteiger charge is 2.75. The molecule has 1 aromatic carbocycles. The van der Waals surface area contributed by atoms with Crippen molar-refractivity contribution in [3.8, 4) is 11.5 Å². The molecule has 6 atom stereocenters. The average Bonchev–Trinajstić information content (AvgIpc) is 3.27. The summed E-state index contributed by atoms with van der Waals surface area (Å²) in [5.74, 6) is 0.290. The van der Waals surface area contributed by atoms with E-state index in [0.717, 1.165) is 23.4 Å². The molecule has 2 aliphatic carbocycles. The Bertz CT molecular complexity index is 1220. The van der Waals surface area contributed by atoms with E-state index in [2.05, 4.69) is 10.6 Å². The average molecular weight is 593 g/mol. The highest BCUT2D eigenvalue weighted by Crippen LogP contribution is 2.66. The van der Waals surface area contributed by atoms with E-state index in [4.69, 9.17) is 35.6 Å². The molecule has 4 aliphatic rings. The number of carbonyl (C=O) groups is 4. The van der Waals surface area contributed by atoms with Crippen LogP contribution in [-0.4, -0.2) is 89.3 Å². The predicted molar refractivity (Wildman–Crippen MR) is 152 cm³/mol. The molecule has 12 nitrogen and oxygen atoms in total. The number of ether oxygens (including phenoxy) is 3. The lowest BCUT2D eigenvalue weighted by Crippen LogP contribution is -2.77. The van der Waals surface area contributed by atoms with Crippen LogP contribution < -0.4 is 26.7 Å². The van der Waals surface area contributed by atoms with E-state index in [-0.39, 0.29) is 29.9 Å². The molecule has 41 heavy (non-hydrogen) atoms. The first-order valence-electron chi connectivity index (χ1n) is 13.8. The number of likely N-dealkylation sites (N-methyl/N-ethyl adjacent to an activating group) is 1. The molecular formula is C28H40N4O8S. The summed E-state index contributed by atoms with van der Waals surface area (Å²) in [5, 5.41) is 7.19. The van der Waals surface area contributed by atoms with E-state index >= 15 is 0 Å². The quantitative estimate of drug-likeness (QED) is 0.249. The molecular weight excluding hydrogens is 552 g/mol. The van der Waals surface area contributed by atoms with E-state index in [9.17, 15) is 14.4 Å². The molecule has 0 radical (unpaired) electrons. The van der Waals surface area contributed by atoms with Crippen molar-refractivity contribution in [1.82, 2.24) is 4.90 Å². The number of carboxylic acid groups (broad SMARTS) is 1. The molecule has 2 bridgehead atoms. The largest absolute Gasteiger partial charge is 0.477 e. The summed E-state index contributed by atoms with van der Waals surface area (Å²) in [6, 6.07) is 2.01. The number of esters is 2. The SMILES string of the molecule is CSCC[C@H](N)C(=O)O[C@@]12CCC(=O)[C@@H]3Oc4c(OC(=O)[C@@H](N)C(C)C)ccc5c4[C@@]31CCN(C)[C@@H]2C5.NC(=O)O. The van der Waals surface area contributed by atoms with Crippen molar-refractivity contribution in [3.63, 3.8) is 0 Å². The zero-order chi connectivity index (χ0) is 30.3. The molecule has 1 amide bonds. The summed E-state index contributed by atoms with van der Waals surface area (Å²) >= 11 is 1.63. The Labute approximate surface area is 243 Å². The third-order valence-corrected chi connectivity index (χ3v) is 9.53. The van der Waals surface area contributed by atoms with Crippen LogP contribution in [0.25, 0.3) is 0 Å². The number of amides is 1. The number of hydrogen-bond donors (Lipinski definition) is 4. The summed E-state index contributed by atoms with van der Waals surface area (Å²) in [4.78, 5) is 50.6. The molecule has 2 heterocycles. The third kappa shape index (κ3) is 5.17. The number of rotatable bonds is 8. The molecule has 1 saturated carbocycles. The number of piperidine rings is 1. The molecule has 2 fully saturated rings. The van der Waals surface area contributed by atoms with Gasteiger partial charge in [0.1, 0.15) is 17.7 Å². The van der Waals surface area contributed by atoms with E-state index in [1.807, 2.05) is 33.2 Å². The van der Waals surface area contributed by atoms with E-state index in [1.54, 1.807) is 17.8 Å². The molecule has 0 unspecified atom stereocenters. The van der Waals surface area contributed by atoms with Crippen molar-refractivity contribution in [1.29, 1.82) is 0 Å². The van der Waals surface area contributed by atoms with Gasteiger partial charge in [-0.3, -0.25) is 14.5 Å². The lowest BCUT2D eigenvalue weighted by atomic mass is 9.49. The maximum atomic E-state index is 13.4. The summed E-state index contributed by atoms with van der Waals surface area (Å²) in [6.45, 7) is 4.42. The summed E-state index contributed by atoms with van der Waals surface area (Å²) in [6.07, 6.45) is 2.18. The Morgan fingerprint density at radius 3 is 2.54 bits per heavy atom. The molecule has 1 aromatic rings. The highest BCUT2D eigenvalue weighted by atomic mass is 32.2. The van der Waals surface area contributed by atoms with E-state index in [0.29, 0.717) is 31.4 Å². The number of likely N-dealkylation sites (tertiary alicyclic amines) is 1. The van der Waals surface area contributed by atoms with Gasteiger partial charge in [-0.25, -0.2) is 9.59 Å². The normalized spacial score (nSPS) is 28.9. The lowest BCUT2D eigenvalue weighted by molar-refractivity contribution is -0.214. The minimum atomic E-state index is -1.33. The fourth-order valence-corrected chi connectivity index (χ4v) is 7.34. The second-order valence-electron chi connectivity index (χ2n) is 11.5. The molecule has 226 valence electrons. The molecule has 0 aromatic heterocycles. The zero-order valence-corrected chi connectivity index (χ0v) is 24.7. The molecule has 1 saturated heterocycles. The number of thioether (sulfide) groups is 1. The van der Waals surface area contributed by atoms with Gasteiger partial charge in [-0.15, -0.1) is 0 Å². The van der Waals surface area contributed by atoms with Gasteiger partial charge in [0.15, 0.2) is 23.4 Å². The van der Waals surface area contributed by atoms with Crippen LogP contribution in [-0.2, 0) is 31.0 Å². The Morgan fingerprint density at radius 1 is 1.22 bits per heavy atom. The Balaban J connectivity index is 0.000000909. The van der Waals surface area contributed by atoms with Crippen LogP contribution in [0.2, 0.25) is 0 Å². The minimum Gasteiger partial charge on any atom is -0.477 e. The molecule has 5 rings (SSSR count). The predicted octanol–water partition coefficient (Wildman–Crippen LogP) is 1.18. The first kappa shape index (κ1) is 31.1.